The molecule has 38 heavy (non-hydrogen) atoms. The van der Waals surface area contributed by atoms with Crippen molar-refractivity contribution in [1.29, 1.82) is 0 Å². The summed E-state index contributed by atoms with van der Waals surface area (Å²) in [5, 5.41) is 9.71. The molecule has 0 amide bonds. The van der Waals surface area contributed by atoms with Gasteiger partial charge in [-0.05, 0) is 68.1 Å². The Morgan fingerprint density at radius 3 is 2.39 bits per heavy atom. The molecule has 7 nitrogen and oxygen atoms in total. The molecule has 3 aliphatic heterocycles. The molecule has 0 N–H and O–H groups in total. The zero-order valence-electron chi connectivity index (χ0n) is 21.3. The highest BCUT2D eigenvalue weighted by atomic mass is 35.5. The zero-order valence-corrected chi connectivity index (χ0v) is 22.1. The Balaban J connectivity index is 1.11. The largest absolute Gasteiger partial charge is 0.391 e. The van der Waals surface area contributed by atoms with Gasteiger partial charge in [0.15, 0.2) is 5.82 Å². The van der Waals surface area contributed by atoms with Gasteiger partial charge in [-0.2, -0.15) is 13.2 Å². The van der Waals surface area contributed by atoms with Crippen molar-refractivity contribution in [3.63, 3.8) is 0 Å². The number of benzene rings is 1. The predicted octanol–water partition coefficient (Wildman–Crippen LogP) is 4.92. The van der Waals surface area contributed by atoms with Crippen LogP contribution in [0.4, 0.5) is 24.9 Å². The fourth-order valence-electron chi connectivity index (χ4n) is 6.64. The smallest absolute Gasteiger partial charge is 0.355 e. The van der Waals surface area contributed by atoms with Crippen LogP contribution in [0.5, 0.6) is 0 Å². The monoisotopic (exact) mass is 543 g/mol. The lowest BCUT2D eigenvalue weighted by Gasteiger charge is -2.60. The Kier molecular flexibility index (Phi) is 5.30. The Hall–Kier alpha value is -2.85. The van der Waals surface area contributed by atoms with Crippen LogP contribution in [0.15, 0.2) is 30.3 Å². The molecule has 3 fully saturated rings. The first-order valence-electron chi connectivity index (χ1n) is 13.1. The van der Waals surface area contributed by atoms with Gasteiger partial charge in [0, 0.05) is 54.9 Å². The molecular weight excluding hydrogens is 515 g/mol. The van der Waals surface area contributed by atoms with E-state index < -0.39 is 12.1 Å². The predicted molar refractivity (Wildman–Crippen MR) is 139 cm³/mol. The van der Waals surface area contributed by atoms with Gasteiger partial charge >= 0.3 is 6.18 Å². The second kappa shape index (κ2) is 8.32. The molecule has 0 atom stereocenters. The van der Waals surface area contributed by atoms with Crippen molar-refractivity contribution in [2.75, 3.05) is 36.0 Å². The lowest BCUT2D eigenvalue weighted by atomic mass is 9.73. The number of halogens is 4. The van der Waals surface area contributed by atoms with Crippen molar-refractivity contribution < 1.29 is 13.2 Å². The number of rotatable bonds is 3. The molecule has 4 aliphatic rings. The number of alkyl halides is 3. The second-order valence-electron chi connectivity index (χ2n) is 11.6. The molecule has 0 radical (unpaired) electrons. The zero-order chi connectivity index (χ0) is 26.4. The van der Waals surface area contributed by atoms with Crippen LogP contribution in [0.3, 0.4) is 0 Å². The maximum absolute atomic E-state index is 13.2. The number of fused-ring (bicyclic) bond motifs is 3. The van der Waals surface area contributed by atoms with Crippen LogP contribution in [0.1, 0.15) is 35.5 Å². The Bertz CT molecular complexity index is 1380. The van der Waals surface area contributed by atoms with E-state index in [9.17, 15) is 13.2 Å². The van der Waals surface area contributed by atoms with E-state index in [1.54, 1.807) is 0 Å². The average molecular weight is 544 g/mol. The van der Waals surface area contributed by atoms with Crippen molar-refractivity contribution in [3.8, 4) is 5.69 Å². The SMILES string of the molecule is Cc1cc(C)nc(N2CC3(C2)CN(c2nnc4n2-c2ccc(Cl)cc2CN(C2CC(C(F)(F)F)C2)C4)C3)c1. The molecule has 0 unspecified atom stereocenters. The van der Waals surface area contributed by atoms with Crippen LogP contribution in [-0.2, 0) is 13.1 Å². The summed E-state index contributed by atoms with van der Waals surface area (Å²) < 4.78 is 41.6. The molecule has 11 heteroatoms. The van der Waals surface area contributed by atoms with E-state index in [1.165, 1.54) is 5.56 Å². The van der Waals surface area contributed by atoms with Gasteiger partial charge in [0.2, 0.25) is 5.95 Å². The van der Waals surface area contributed by atoms with E-state index in [0.717, 1.165) is 60.7 Å². The summed E-state index contributed by atoms with van der Waals surface area (Å²) >= 11 is 6.35. The molecule has 7 rings (SSSR count). The highest BCUT2D eigenvalue weighted by Crippen LogP contribution is 2.46. The van der Waals surface area contributed by atoms with Gasteiger partial charge in [-0.25, -0.2) is 4.98 Å². The highest BCUT2D eigenvalue weighted by molar-refractivity contribution is 6.30. The summed E-state index contributed by atoms with van der Waals surface area (Å²) in [5.41, 5.74) is 4.40. The van der Waals surface area contributed by atoms with Crippen molar-refractivity contribution in [2.45, 2.75) is 52.0 Å². The van der Waals surface area contributed by atoms with Gasteiger partial charge < -0.3 is 9.80 Å². The average Bonchev–Trinajstić information content (AvgIpc) is 3.05. The number of nitrogens with zero attached hydrogens (tertiary/aromatic N) is 7. The summed E-state index contributed by atoms with van der Waals surface area (Å²) in [6, 6.07) is 9.84. The van der Waals surface area contributed by atoms with Crippen LogP contribution in [0.25, 0.3) is 5.69 Å². The minimum atomic E-state index is -4.13. The summed E-state index contributed by atoms with van der Waals surface area (Å²) in [6.45, 7) is 8.81. The molecule has 2 aromatic heterocycles. The minimum Gasteiger partial charge on any atom is -0.355 e. The number of pyridine rings is 1. The van der Waals surface area contributed by atoms with Gasteiger partial charge in [0.05, 0.1) is 18.2 Å². The number of hydrogen-bond acceptors (Lipinski definition) is 6. The standard InChI is InChI=1S/C27H29ClF3N7/c1-16-5-17(2)32-23(6-16)36-12-26(13-36)14-37(15-26)25-34-33-24-11-35(21-8-19(9-21)27(29,30)31)10-18-7-20(28)3-4-22(18)38(24)25/h3-7,19,21H,8-15H2,1-2H3. The van der Waals surface area contributed by atoms with Crippen molar-refractivity contribution >= 4 is 23.4 Å². The number of aryl methyl sites for hydroxylation is 2. The summed E-state index contributed by atoms with van der Waals surface area (Å²) in [7, 11) is 0. The fraction of sp³-hybridized carbons (Fsp3) is 0.519. The quantitative estimate of drug-likeness (QED) is 0.468. The van der Waals surface area contributed by atoms with Gasteiger partial charge in [0.25, 0.3) is 0 Å². The molecule has 200 valence electrons. The molecule has 5 heterocycles. The van der Waals surface area contributed by atoms with Crippen molar-refractivity contribution in [3.05, 3.63) is 58.0 Å². The van der Waals surface area contributed by atoms with Gasteiger partial charge in [-0.15, -0.1) is 10.2 Å². The van der Waals surface area contributed by atoms with Gasteiger partial charge in [-0.1, -0.05) is 11.6 Å². The van der Waals surface area contributed by atoms with Gasteiger partial charge in [0.1, 0.15) is 5.82 Å². The number of hydrogen-bond donors (Lipinski definition) is 0. The Morgan fingerprint density at radius 1 is 0.947 bits per heavy atom. The Labute approximate surface area is 224 Å². The lowest BCUT2D eigenvalue weighted by molar-refractivity contribution is -0.207. The molecule has 1 spiro atoms. The number of anilines is 2. The summed E-state index contributed by atoms with van der Waals surface area (Å²) in [6.07, 6.45) is -3.88. The second-order valence-corrected chi connectivity index (χ2v) is 12.1. The van der Waals surface area contributed by atoms with E-state index in [1.807, 2.05) is 25.1 Å². The van der Waals surface area contributed by atoms with E-state index in [2.05, 4.69) is 48.5 Å². The first kappa shape index (κ1) is 24.2. The van der Waals surface area contributed by atoms with Crippen molar-refractivity contribution in [2.24, 2.45) is 11.3 Å². The first-order chi connectivity index (χ1) is 18.1. The third kappa shape index (κ3) is 3.95. The molecule has 0 bridgehead atoms. The maximum Gasteiger partial charge on any atom is 0.391 e. The molecule has 3 aromatic rings. The topological polar surface area (TPSA) is 53.3 Å². The molecular formula is C27H29ClF3N7. The molecule has 1 aliphatic carbocycles. The highest BCUT2D eigenvalue weighted by Gasteiger charge is 2.54. The Morgan fingerprint density at radius 2 is 1.68 bits per heavy atom. The van der Waals surface area contributed by atoms with E-state index in [-0.39, 0.29) is 24.3 Å². The summed E-state index contributed by atoms with van der Waals surface area (Å²) in [5.74, 6) is 1.37. The third-order valence-corrected chi connectivity index (χ3v) is 8.84. The molecule has 2 saturated heterocycles. The van der Waals surface area contributed by atoms with E-state index in [4.69, 9.17) is 16.6 Å². The van der Waals surface area contributed by atoms with Crippen LogP contribution in [0, 0.1) is 25.2 Å². The number of aromatic nitrogens is 4. The van der Waals surface area contributed by atoms with Crippen LogP contribution in [-0.4, -0.2) is 63.0 Å². The summed E-state index contributed by atoms with van der Waals surface area (Å²) in [4.78, 5) is 11.4. The van der Waals surface area contributed by atoms with Crippen molar-refractivity contribution in [1.82, 2.24) is 24.6 Å². The first-order valence-corrected chi connectivity index (χ1v) is 13.4. The van der Waals surface area contributed by atoms with E-state index in [0.29, 0.717) is 18.1 Å². The molecule has 1 saturated carbocycles. The van der Waals surface area contributed by atoms with Crippen LogP contribution < -0.4 is 9.80 Å². The van der Waals surface area contributed by atoms with Crippen LogP contribution >= 0.6 is 11.6 Å². The maximum atomic E-state index is 13.2. The third-order valence-electron chi connectivity index (χ3n) is 8.60. The molecule has 1 aromatic carbocycles. The van der Waals surface area contributed by atoms with E-state index >= 15 is 0 Å². The normalized spacial score (nSPS) is 24.3. The fourth-order valence-corrected chi connectivity index (χ4v) is 6.83. The van der Waals surface area contributed by atoms with Gasteiger partial charge in [-0.3, -0.25) is 9.47 Å². The lowest BCUT2D eigenvalue weighted by Crippen LogP contribution is -2.73. The van der Waals surface area contributed by atoms with Crippen LogP contribution in [0.2, 0.25) is 5.02 Å². The minimum absolute atomic E-state index is 0.126.